The number of amides is 1. The minimum Gasteiger partial charge on any atom is -0.468 e. The van der Waals surface area contributed by atoms with Gasteiger partial charge in [-0.05, 0) is 56.1 Å². The van der Waals surface area contributed by atoms with Crippen LogP contribution in [0.2, 0.25) is 0 Å². The van der Waals surface area contributed by atoms with Crippen LogP contribution in [-0.2, 0) is 19.5 Å². The smallest absolute Gasteiger partial charge is 0.261 e. The van der Waals surface area contributed by atoms with E-state index in [9.17, 15) is 9.59 Å². The van der Waals surface area contributed by atoms with E-state index in [0.717, 1.165) is 69.9 Å². The normalized spacial score (nSPS) is 13.5. The van der Waals surface area contributed by atoms with Crippen molar-refractivity contribution >= 4 is 16.8 Å². The highest BCUT2D eigenvalue weighted by atomic mass is 16.3. The zero-order valence-corrected chi connectivity index (χ0v) is 18.1. The van der Waals surface area contributed by atoms with Crippen LogP contribution in [0.5, 0.6) is 0 Å². The molecule has 0 unspecified atom stereocenters. The van der Waals surface area contributed by atoms with Gasteiger partial charge in [0.25, 0.3) is 11.5 Å². The fourth-order valence-electron chi connectivity index (χ4n) is 4.09. The molecular formula is C24H30N4O3. The highest BCUT2D eigenvalue weighted by Crippen LogP contribution is 2.16. The molecule has 0 bridgehead atoms. The van der Waals surface area contributed by atoms with Gasteiger partial charge in [-0.15, -0.1) is 0 Å². The summed E-state index contributed by atoms with van der Waals surface area (Å²) in [6.45, 7) is 5.88. The summed E-state index contributed by atoms with van der Waals surface area (Å²) in [6, 6.07) is 9.05. The van der Waals surface area contributed by atoms with E-state index in [1.54, 1.807) is 29.0 Å². The first-order valence-corrected chi connectivity index (χ1v) is 11.2. The molecule has 31 heavy (non-hydrogen) atoms. The number of hydrogen-bond acceptors (Lipinski definition) is 5. The molecule has 0 atom stereocenters. The molecule has 1 aromatic carbocycles. The van der Waals surface area contributed by atoms with Crippen LogP contribution < -0.4 is 10.9 Å². The summed E-state index contributed by atoms with van der Waals surface area (Å²) >= 11 is 0. The van der Waals surface area contributed by atoms with Crippen LogP contribution in [0, 0.1) is 0 Å². The summed E-state index contributed by atoms with van der Waals surface area (Å²) < 4.78 is 7.24. The molecule has 1 N–H and O–H groups in total. The van der Waals surface area contributed by atoms with Gasteiger partial charge in [0.05, 0.1) is 23.7 Å². The van der Waals surface area contributed by atoms with E-state index >= 15 is 0 Å². The first-order chi connectivity index (χ1) is 15.2. The van der Waals surface area contributed by atoms with Crippen molar-refractivity contribution < 1.29 is 9.21 Å². The van der Waals surface area contributed by atoms with Crippen LogP contribution in [0.15, 0.2) is 45.8 Å². The molecule has 0 spiro atoms. The average Bonchev–Trinajstić information content (AvgIpc) is 3.30. The molecule has 0 aliphatic carbocycles. The molecule has 3 heterocycles. The maximum atomic E-state index is 12.7. The molecular weight excluding hydrogens is 392 g/mol. The van der Waals surface area contributed by atoms with E-state index in [4.69, 9.17) is 4.42 Å². The van der Waals surface area contributed by atoms with Crippen LogP contribution in [-0.4, -0.2) is 40.0 Å². The van der Waals surface area contributed by atoms with Crippen LogP contribution in [0.1, 0.15) is 54.5 Å². The maximum absolute atomic E-state index is 12.7. The van der Waals surface area contributed by atoms with Crippen LogP contribution in [0.4, 0.5) is 0 Å². The first-order valence-electron chi connectivity index (χ1n) is 11.2. The number of rotatable bonds is 9. The second-order valence-electron chi connectivity index (χ2n) is 8.14. The Bertz CT molecular complexity index is 1090. The van der Waals surface area contributed by atoms with Crippen molar-refractivity contribution in [2.45, 2.75) is 52.1 Å². The molecule has 1 amide bonds. The van der Waals surface area contributed by atoms with Crippen molar-refractivity contribution in [2.24, 2.45) is 0 Å². The van der Waals surface area contributed by atoms with Gasteiger partial charge in [-0.25, -0.2) is 4.98 Å². The standard InChI is InChI=1S/C24H30N4O3/c1-2-3-12-27(17-19-7-6-15-31-19)14-11-25-23(29)18-9-10-20-21(16-18)26-22-8-4-5-13-28(22)24(20)30/h6-7,9-10,15-16H,2-5,8,11-14,17H2,1H3,(H,25,29). The third-order valence-corrected chi connectivity index (χ3v) is 5.83. The number of carbonyl (C=O) groups excluding carboxylic acids is 1. The van der Waals surface area contributed by atoms with E-state index in [1.807, 2.05) is 12.1 Å². The van der Waals surface area contributed by atoms with Gasteiger partial charge in [0.15, 0.2) is 0 Å². The molecule has 164 valence electrons. The van der Waals surface area contributed by atoms with Crippen molar-refractivity contribution in [3.63, 3.8) is 0 Å². The number of hydrogen-bond donors (Lipinski definition) is 1. The lowest BCUT2D eigenvalue weighted by molar-refractivity contribution is 0.0947. The Hall–Kier alpha value is -2.93. The number of aryl methyl sites for hydroxylation is 1. The number of nitrogens with one attached hydrogen (secondary N) is 1. The van der Waals surface area contributed by atoms with Gasteiger partial charge in [-0.2, -0.15) is 0 Å². The lowest BCUT2D eigenvalue weighted by Crippen LogP contribution is -2.35. The minimum absolute atomic E-state index is 0.00356. The average molecular weight is 423 g/mol. The predicted octanol–water partition coefficient (Wildman–Crippen LogP) is 3.36. The van der Waals surface area contributed by atoms with E-state index in [0.29, 0.717) is 23.0 Å². The van der Waals surface area contributed by atoms with Crippen molar-refractivity contribution in [2.75, 3.05) is 19.6 Å². The van der Waals surface area contributed by atoms with Crippen molar-refractivity contribution in [3.05, 3.63) is 64.1 Å². The zero-order chi connectivity index (χ0) is 21.6. The van der Waals surface area contributed by atoms with Gasteiger partial charge in [0.2, 0.25) is 0 Å². The van der Waals surface area contributed by atoms with Gasteiger partial charge in [0.1, 0.15) is 11.6 Å². The molecule has 4 rings (SSSR count). The second kappa shape index (κ2) is 9.92. The number of fused-ring (bicyclic) bond motifs is 2. The molecule has 2 aromatic heterocycles. The highest BCUT2D eigenvalue weighted by molar-refractivity contribution is 5.97. The quantitative estimate of drug-likeness (QED) is 0.572. The predicted molar refractivity (Wildman–Crippen MR) is 120 cm³/mol. The van der Waals surface area contributed by atoms with Gasteiger partial charge < -0.3 is 9.73 Å². The topological polar surface area (TPSA) is 80.4 Å². The molecule has 1 aliphatic heterocycles. The Kier molecular flexibility index (Phi) is 6.82. The number of aromatic nitrogens is 2. The van der Waals surface area contributed by atoms with Gasteiger partial charge in [-0.3, -0.25) is 19.1 Å². The van der Waals surface area contributed by atoms with Gasteiger partial charge in [-0.1, -0.05) is 13.3 Å². The van der Waals surface area contributed by atoms with Crippen LogP contribution >= 0.6 is 0 Å². The zero-order valence-electron chi connectivity index (χ0n) is 18.1. The summed E-state index contributed by atoms with van der Waals surface area (Å²) in [5, 5.41) is 3.58. The summed E-state index contributed by atoms with van der Waals surface area (Å²) in [5.74, 6) is 1.61. The first kappa shape index (κ1) is 21.3. The van der Waals surface area contributed by atoms with Crippen LogP contribution in [0.3, 0.4) is 0 Å². The van der Waals surface area contributed by atoms with E-state index in [1.165, 1.54) is 0 Å². The number of furan rings is 1. The summed E-state index contributed by atoms with van der Waals surface area (Å²) in [4.78, 5) is 32.4. The lowest BCUT2D eigenvalue weighted by atomic mass is 10.1. The van der Waals surface area contributed by atoms with E-state index in [2.05, 4.69) is 22.1 Å². The minimum atomic E-state index is -0.144. The van der Waals surface area contributed by atoms with E-state index in [-0.39, 0.29) is 11.5 Å². The summed E-state index contributed by atoms with van der Waals surface area (Å²) in [6.07, 6.45) is 6.77. The maximum Gasteiger partial charge on any atom is 0.261 e. The molecule has 0 radical (unpaired) electrons. The Morgan fingerprint density at radius 2 is 2.16 bits per heavy atom. The molecule has 7 nitrogen and oxygen atoms in total. The summed E-state index contributed by atoms with van der Waals surface area (Å²) in [5.41, 5.74) is 1.13. The Balaban J connectivity index is 1.41. The van der Waals surface area contributed by atoms with Crippen LogP contribution in [0.25, 0.3) is 10.9 Å². The molecule has 0 saturated heterocycles. The molecule has 0 saturated carbocycles. The van der Waals surface area contributed by atoms with Gasteiger partial charge >= 0.3 is 0 Å². The molecule has 0 fully saturated rings. The van der Waals surface area contributed by atoms with Crippen molar-refractivity contribution in [1.29, 1.82) is 0 Å². The molecule has 1 aliphatic rings. The third kappa shape index (κ3) is 5.05. The monoisotopic (exact) mass is 422 g/mol. The Morgan fingerprint density at radius 1 is 1.26 bits per heavy atom. The number of benzene rings is 1. The Labute approximate surface area is 182 Å². The summed E-state index contributed by atoms with van der Waals surface area (Å²) in [7, 11) is 0. The largest absolute Gasteiger partial charge is 0.468 e. The fourth-order valence-corrected chi connectivity index (χ4v) is 4.09. The third-order valence-electron chi connectivity index (χ3n) is 5.83. The highest BCUT2D eigenvalue weighted by Gasteiger charge is 2.16. The SMILES string of the molecule is CCCCN(CCNC(=O)c1ccc2c(=O)n3c(nc2c1)CCCC3)Cc1ccco1. The molecule has 7 heteroatoms. The lowest BCUT2D eigenvalue weighted by Gasteiger charge is -2.21. The van der Waals surface area contributed by atoms with Gasteiger partial charge in [0, 0.05) is 31.6 Å². The molecule has 3 aromatic rings. The number of nitrogens with zero attached hydrogens (tertiary/aromatic N) is 3. The van der Waals surface area contributed by atoms with E-state index < -0.39 is 0 Å². The Morgan fingerprint density at radius 3 is 2.97 bits per heavy atom. The fraction of sp³-hybridized carbons (Fsp3) is 0.458. The van der Waals surface area contributed by atoms with Crippen molar-refractivity contribution in [1.82, 2.24) is 19.8 Å². The number of carbonyl (C=O) groups is 1. The second-order valence-corrected chi connectivity index (χ2v) is 8.14. The van der Waals surface area contributed by atoms with Crippen molar-refractivity contribution in [3.8, 4) is 0 Å². The number of unbranched alkanes of at least 4 members (excludes halogenated alkanes) is 1.